The van der Waals surface area contributed by atoms with E-state index >= 15 is 0 Å². The molecule has 1 atom stereocenters. The van der Waals surface area contributed by atoms with Crippen molar-refractivity contribution in [2.75, 3.05) is 0 Å². The molecule has 0 heterocycles. The van der Waals surface area contributed by atoms with Crippen molar-refractivity contribution in [3.05, 3.63) is 34.1 Å². The summed E-state index contributed by atoms with van der Waals surface area (Å²) >= 11 is 6.96. The maximum Gasteiger partial charge on any atom is 0.320 e. The standard InChI is InChI=1S/C8H6BrFO2S/c9-6-2-1-4(10)3-5(6)7(13)8(11)12/h1-3,7,13H,(H,11,12). The number of carboxylic acids is 1. The molecule has 13 heavy (non-hydrogen) atoms. The molecule has 5 heteroatoms. The zero-order chi connectivity index (χ0) is 10.0. The van der Waals surface area contributed by atoms with Crippen molar-refractivity contribution >= 4 is 34.5 Å². The van der Waals surface area contributed by atoms with E-state index in [1.165, 1.54) is 12.1 Å². The average molecular weight is 265 g/mol. The Hall–Kier alpha value is -0.550. The predicted molar refractivity (Wildman–Crippen MR) is 53.5 cm³/mol. The lowest BCUT2D eigenvalue weighted by molar-refractivity contribution is -0.136. The molecule has 0 aliphatic carbocycles. The maximum absolute atomic E-state index is 12.7. The van der Waals surface area contributed by atoms with Gasteiger partial charge in [0.1, 0.15) is 11.1 Å². The van der Waals surface area contributed by atoms with Gasteiger partial charge in [-0.2, -0.15) is 12.6 Å². The van der Waals surface area contributed by atoms with E-state index in [2.05, 4.69) is 28.6 Å². The number of carboxylic acid groups (broad SMARTS) is 1. The summed E-state index contributed by atoms with van der Waals surface area (Å²) in [6.07, 6.45) is 0. The number of hydrogen-bond donors (Lipinski definition) is 2. The van der Waals surface area contributed by atoms with Crippen LogP contribution in [-0.2, 0) is 4.79 Å². The third-order valence-electron chi connectivity index (χ3n) is 1.49. The van der Waals surface area contributed by atoms with Gasteiger partial charge in [-0.25, -0.2) is 4.39 Å². The van der Waals surface area contributed by atoms with Crippen LogP contribution in [0.25, 0.3) is 0 Å². The largest absolute Gasteiger partial charge is 0.480 e. The zero-order valence-corrected chi connectivity index (χ0v) is 8.85. The summed E-state index contributed by atoms with van der Waals surface area (Å²) in [5.41, 5.74) is 0.316. The highest BCUT2D eigenvalue weighted by Gasteiger charge is 2.17. The second kappa shape index (κ2) is 4.11. The molecule has 1 rings (SSSR count). The summed E-state index contributed by atoms with van der Waals surface area (Å²) in [6.45, 7) is 0. The van der Waals surface area contributed by atoms with E-state index in [4.69, 9.17) is 5.11 Å². The second-order valence-electron chi connectivity index (χ2n) is 2.41. The molecule has 0 amide bonds. The van der Waals surface area contributed by atoms with Gasteiger partial charge in [0.25, 0.3) is 0 Å². The van der Waals surface area contributed by atoms with Crippen LogP contribution >= 0.6 is 28.6 Å². The van der Waals surface area contributed by atoms with Crippen LogP contribution in [0.15, 0.2) is 22.7 Å². The fourth-order valence-electron chi connectivity index (χ4n) is 0.857. The van der Waals surface area contributed by atoms with E-state index in [-0.39, 0.29) is 0 Å². The lowest BCUT2D eigenvalue weighted by Gasteiger charge is -2.07. The third-order valence-corrected chi connectivity index (χ3v) is 2.71. The minimum Gasteiger partial charge on any atom is -0.480 e. The van der Waals surface area contributed by atoms with Crippen molar-refractivity contribution in [3.8, 4) is 0 Å². The Morgan fingerprint density at radius 3 is 2.77 bits per heavy atom. The molecule has 0 spiro atoms. The monoisotopic (exact) mass is 264 g/mol. The molecular formula is C8H6BrFO2S. The zero-order valence-electron chi connectivity index (χ0n) is 6.37. The first kappa shape index (κ1) is 10.5. The third kappa shape index (κ3) is 2.45. The van der Waals surface area contributed by atoms with Crippen LogP contribution in [0.2, 0.25) is 0 Å². The summed E-state index contributed by atoms with van der Waals surface area (Å²) in [5.74, 6) is -1.58. The van der Waals surface area contributed by atoms with Crippen LogP contribution in [0, 0.1) is 5.82 Å². The van der Waals surface area contributed by atoms with Gasteiger partial charge in [0.05, 0.1) is 0 Å². The summed E-state index contributed by atoms with van der Waals surface area (Å²) in [6, 6.07) is 3.85. The lowest BCUT2D eigenvalue weighted by atomic mass is 10.1. The minimum absolute atomic E-state index is 0.316. The first-order chi connectivity index (χ1) is 6.02. The number of thiol groups is 1. The van der Waals surface area contributed by atoms with Gasteiger partial charge in [0.15, 0.2) is 0 Å². The lowest BCUT2D eigenvalue weighted by Crippen LogP contribution is -2.06. The Kier molecular flexibility index (Phi) is 3.33. The van der Waals surface area contributed by atoms with Crippen molar-refractivity contribution in [2.24, 2.45) is 0 Å². The molecule has 1 aromatic rings. The summed E-state index contributed by atoms with van der Waals surface area (Å²) < 4.78 is 13.3. The molecule has 2 nitrogen and oxygen atoms in total. The average Bonchev–Trinajstić information content (AvgIpc) is 2.08. The highest BCUT2D eigenvalue weighted by atomic mass is 79.9. The molecule has 0 fully saturated rings. The molecule has 1 aromatic carbocycles. The van der Waals surface area contributed by atoms with Gasteiger partial charge < -0.3 is 5.11 Å². The smallest absolute Gasteiger partial charge is 0.320 e. The van der Waals surface area contributed by atoms with Crippen LogP contribution in [-0.4, -0.2) is 11.1 Å². The summed E-state index contributed by atoms with van der Waals surface area (Å²) in [7, 11) is 0. The molecule has 70 valence electrons. The molecule has 0 saturated carbocycles. The summed E-state index contributed by atoms with van der Waals surface area (Å²) in [5, 5.41) is 7.62. The quantitative estimate of drug-likeness (QED) is 0.806. The van der Waals surface area contributed by atoms with E-state index in [0.717, 1.165) is 6.07 Å². The number of benzene rings is 1. The van der Waals surface area contributed by atoms with Gasteiger partial charge >= 0.3 is 5.97 Å². The molecule has 0 aliphatic heterocycles. The SMILES string of the molecule is O=C(O)C(S)c1cc(F)ccc1Br. The van der Waals surface area contributed by atoms with Crippen molar-refractivity contribution in [2.45, 2.75) is 5.25 Å². The van der Waals surface area contributed by atoms with Crippen LogP contribution in [0.3, 0.4) is 0 Å². The van der Waals surface area contributed by atoms with Gasteiger partial charge in [-0.05, 0) is 23.8 Å². The Morgan fingerprint density at radius 1 is 1.62 bits per heavy atom. The fourth-order valence-corrected chi connectivity index (χ4v) is 1.72. The molecule has 0 aromatic heterocycles. The van der Waals surface area contributed by atoms with Crippen LogP contribution < -0.4 is 0 Å². The van der Waals surface area contributed by atoms with Gasteiger partial charge in [-0.15, -0.1) is 0 Å². The molecule has 0 aliphatic rings. The van der Waals surface area contributed by atoms with E-state index in [1.807, 2.05) is 0 Å². The maximum atomic E-state index is 12.7. The molecule has 0 saturated heterocycles. The molecule has 0 bridgehead atoms. The highest BCUT2D eigenvalue weighted by molar-refractivity contribution is 9.10. The second-order valence-corrected chi connectivity index (χ2v) is 3.78. The molecular weight excluding hydrogens is 259 g/mol. The van der Waals surface area contributed by atoms with E-state index in [1.54, 1.807) is 0 Å². The van der Waals surface area contributed by atoms with Crippen molar-refractivity contribution in [1.29, 1.82) is 0 Å². The van der Waals surface area contributed by atoms with Crippen molar-refractivity contribution in [3.63, 3.8) is 0 Å². The van der Waals surface area contributed by atoms with Crippen molar-refractivity contribution in [1.82, 2.24) is 0 Å². The van der Waals surface area contributed by atoms with Gasteiger partial charge in [0.2, 0.25) is 0 Å². The van der Waals surface area contributed by atoms with Gasteiger partial charge in [0, 0.05) is 4.47 Å². The molecule has 0 radical (unpaired) electrons. The number of carbonyl (C=O) groups is 1. The van der Waals surface area contributed by atoms with E-state index in [0.29, 0.717) is 10.0 Å². The predicted octanol–water partition coefficient (Wildman–Crippen LogP) is 2.64. The highest BCUT2D eigenvalue weighted by Crippen LogP contribution is 2.28. The van der Waals surface area contributed by atoms with Crippen LogP contribution in [0.5, 0.6) is 0 Å². The van der Waals surface area contributed by atoms with Gasteiger partial charge in [-0.3, -0.25) is 4.79 Å². The fraction of sp³-hybridized carbons (Fsp3) is 0.125. The van der Waals surface area contributed by atoms with E-state index in [9.17, 15) is 9.18 Å². The summed E-state index contributed by atoms with van der Waals surface area (Å²) in [4.78, 5) is 10.5. The molecule has 1 N–H and O–H groups in total. The topological polar surface area (TPSA) is 37.3 Å². The molecule has 1 unspecified atom stereocenters. The number of aliphatic carboxylic acids is 1. The Labute approximate surface area is 88.3 Å². The number of rotatable bonds is 2. The van der Waals surface area contributed by atoms with Gasteiger partial charge in [-0.1, -0.05) is 15.9 Å². The Balaban J connectivity index is 3.12. The van der Waals surface area contributed by atoms with Crippen LogP contribution in [0.1, 0.15) is 10.8 Å². The minimum atomic E-state index is -1.10. The van der Waals surface area contributed by atoms with Crippen molar-refractivity contribution < 1.29 is 14.3 Å². The van der Waals surface area contributed by atoms with Crippen LogP contribution in [0.4, 0.5) is 4.39 Å². The van der Waals surface area contributed by atoms with E-state index < -0.39 is 17.0 Å². The first-order valence-electron chi connectivity index (χ1n) is 3.38. The normalized spacial score (nSPS) is 12.5. The first-order valence-corrected chi connectivity index (χ1v) is 4.69. The number of hydrogen-bond acceptors (Lipinski definition) is 2. The Bertz CT molecular complexity index is 343. The number of halogens is 2. The Morgan fingerprint density at radius 2 is 2.23 bits per heavy atom.